The Labute approximate surface area is 214 Å². The summed E-state index contributed by atoms with van der Waals surface area (Å²) in [5.41, 5.74) is 0. The second-order valence-corrected chi connectivity index (χ2v) is 11.6. The molecule has 3 aliphatic rings. The Morgan fingerprint density at radius 1 is 1.26 bits per heavy atom. The number of ether oxygens (including phenoxy) is 1. The van der Waals surface area contributed by atoms with E-state index in [9.17, 15) is 19.5 Å². The van der Waals surface area contributed by atoms with Crippen LogP contribution in [0, 0.1) is 17.8 Å². The maximum absolute atomic E-state index is 14.1. The first-order valence-corrected chi connectivity index (χ1v) is 14.0. The van der Waals surface area contributed by atoms with Gasteiger partial charge in [-0.05, 0) is 44.4 Å². The third-order valence-corrected chi connectivity index (χ3v) is 9.87. The number of carbonyl (C=O) groups is 3. The zero-order valence-corrected chi connectivity index (χ0v) is 22.1. The van der Waals surface area contributed by atoms with Crippen molar-refractivity contribution in [3.05, 3.63) is 25.3 Å². The number of rotatable bonds is 15. The van der Waals surface area contributed by atoms with Crippen LogP contribution in [0.2, 0.25) is 0 Å². The van der Waals surface area contributed by atoms with E-state index < -0.39 is 22.6 Å². The maximum atomic E-state index is 14.1. The van der Waals surface area contributed by atoms with Gasteiger partial charge in [0.15, 0.2) is 0 Å². The lowest BCUT2D eigenvalue weighted by molar-refractivity contribution is -0.154. The van der Waals surface area contributed by atoms with Crippen molar-refractivity contribution < 1.29 is 24.2 Å². The van der Waals surface area contributed by atoms with Crippen molar-refractivity contribution in [1.29, 1.82) is 0 Å². The molecular formula is C27H42N2O5S. The topological polar surface area (TPSA) is 87.2 Å². The van der Waals surface area contributed by atoms with Gasteiger partial charge in [-0.1, -0.05) is 32.4 Å². The second-order valence-electron chi connectivity index (χ2n) is 10.0. The van der Waals surface area contributed by atoms with Gasteiger partial charge in [-0.25, -0.2) is 0 Å². The Morgan fingerprint density at radius 2 is 2.03 bits per heavy atom. The predicted octanol–water partition coefficient (Wildman–Crippen LogP) is 3.42. The molecule has 0 aliphatic carbocycles. The summed E-state index contributed by atoms with van der Waals surface area (Å²) in [6.45, 7) is 13.6. The fourth-order valence-electron chi connectivity index (χ4n) is 6.17. The second kappa shape index (κ2) is 12.4. The Bertz CT molecular complexity index is 804. The van der Waals surface area contributed by atoms with Crippen LogP contribution >= 0.6 is 11.8 Å². The van der Waals surface area contributed by atoms with Crippen LogP contribution in [0.1, 0.15) is 58.8 Å². The van der Waals surface area contributed by atoms with Gasteiger partial charge in [0, 0.05) is 31.5 Å². The average molecular weight is 507 g/mol. The van der Waals surface area contributed by atoms with Crippen LogP contribution in [0.15, 0.2) is 25.3 Å². The maximum Gasteiger partial charge on any atom is 0.310 e. The van der Waals surface area contributed by atoms with Crippen molar-refractivity contribution in [2.24, 2.45) is 17.8 Å². The summed E-state index contributed by atoms with van der Waals surface area (Å²) in [6.07, 6.45) is 8.84. The molecule has 7 nitrogen and oxygen atoms in total. The van der Waals surface area contributed by atoms with E-state index in [1.807, 2.05) is 4.90 Å². The van der Waals surface area contributed by atoms with Crippen LogP contribution in [0.3, 0.4) is 0 Å². The highest BCUT2D eigenvalue weighted by Crippen LogP contribution is 2.68. The molecule has 196 valence electrons. The van der Waals surface area contributed by atoms with Crippen molar-refractivity contribution in [3.63, 3.8) is 0 Å². The summed E-state index contributed by atoms with van der Waals surface area (Å²) in [7, 11) is 0. The highest BCUT2D eigenvalue weighted by atomic mass is 32.2. The third kappa shape index (κ3) is 5.19. The number of fused-ring (bicyclic) bond motifs is 1. The van der Waals surface area contributed by atoms with Gasteiger partial charge in [-0.2, -0.15) is 0 Å². The number of unbranched alkanes of at least 4 members (excludes halogenated alkanes) is 3. The number of hydrogen-bond donors (Lipinski definition) is 1. The smallest absolute Gasteiger partial charge is 0.310 e. The van der Waals surface area contributed by atoms with Gasteiger partial charge in [0.1, 0.15) is 6.04 Å². The summed E-state index contributed by atoms with van der Waals surface area (Å²) in [6, 6.07) is -0.612. The zero-order chi connectivity index (χ0) is 25.6. The standard InChI is InChI=1S/C27H42N2O5S/c1-5-8-12-17-34-26(33)21-20-18-19(4)27(35-20)22(21)24(31)29(15-10-11-16-30)23(27)25(32)28(13-7-3)14-9-6-2/h5,7,19-23,30H,1,3,6,8-18H2,2,4H3/t19?,20-,21+,22-,23?,27?/m0/s1. The molecular weight excluding hydrogens is 464 g/mol. The summed E-state index contributed by atoms with van der Waals surface area (Å²) < 4.78 is 4.99. The molecule has 0 aromatic carbocycles. The number of nitrogens with zero attached hydrogens (tertiary/aromatic N) is 2. The van der Waals surface area contributed by atoms with Crippen LogP contribution < -0.4 is 0 Å². The fraction of sp³-hybridized carbons (Fsp3) is 0.741. The third-order valence-electron chi connectivity index (χ3n) is 7.80. The monoisotopic (exact) mass is 506 g/mol. The largest absolute Gasteiger partial charge is 0.465 e. The van der Waals surface area contributed by atoms with Gasteiger partial charge in [-0.3, -0.25) is 14.4 Å². The first-order valence-electron chi connectivity index (χ1n) is 13.1. The molecule has 3 rings (SSSR count). The summed E-state index contributed by atoms with van der Waals surface area (Å²) >= 11 is 1.68. The van der Waals surface area contributed by atoms with Crippen molar-refractivity contribution in [2.75, 3.05) is 32.8 Å². The van der Waals surface area contributed by atoms with Crippen molar-refractivity contribution in [2.45, 2.75) is 74.8 Å². The van der Waals surface area contributed by atoms with Gasteiger partial charge in [0.25, 0.3) is 0 Å². The van der Waals surface area contributed by atoms with Gasteiger partial charge in [0.05, 0.1) is 23.2 Å². The molecule has 1 spiro atoms. The number of likely N-dealkylation sites (tertiary alicyclic amines) is 1. The number of thioether (sulfide) groups is 1. The Morgan fingerprint density at radius 3 is 2.69 bits per heavy atom. The molecule has 3 unspecified atom stereocenters. The van der Waals surface area contributed by atoms with E-state index in [0.29, 0.717) is 45.5 Å². The van der Waals surface area contributed by atoms with E-state index in [0.717, 1.165) is 25.7 Å². The Hall–Kier alpha value is -1.80. The lowest BCUT2D eigenvalue weighted by atomic mass is 9.66. The van der Waals surface area contributed by atoms with Crippen LogP contribution in [0.5, 0.6) is 0 Å². The van der Waals surface area contributed by atoms with E-state index in [-0.39, 0.29) is 35.6 Å². The zero-order valence-electron chi connectivity index (χ0n) is 21.3. The molecule has 35 heavy (non-hydrogen) atoms. The molecule has 2 bridgehead atoms. The van der Waals surface area contributed by atoms with Crippen LogP contribution in [0.25, 0.3) is 0 Å². The number of amides is 2. The molecule has 0 aromatic rings. The van der Waals surface area contributed by atoms with Gasteiger partial charge in [-0.15, -0.1) is 24.9 Å². The highest BCUT2D eigenvalue weighted by Gasteiger charge is 2.76. The number of hydrogen-bond acceptors (Lipinski definition) is 6. The fourth-order valence-corrected chi connectivity index (χ4v) is 8.57. The SMILES string of the molecule is C=CCCCOC(=O)[C@@H]1[C@@H]2CC(C)C3(S2)C(C(=O)N(CC=C)CCCC)N(CCCCO)C(=O)[C@H]13. The Kier molecular flexibility index (Phi) is 9.87. The molecule has 3 fully saturated rings. The molecule has 3 heterocycles. The average Bonchev–Trinajstić information content (AvgIpc) is 3.43. The van der Waals surface area contributed by atoms with E-state index in [1.54, 1.807) is 28.8 Å². The lowest BCUT2D eigenvalue weighted by Gasteiger charge is -2.40. The molecule has 0 aromatic heterocycles. The molecule has 0 saturated carbocycles. The Balaban J connectivity index is 1.94. The van der Waals surface area contributed by atoms with Gasteiger partial charge >= 0.3 is 5.97 Å². The molecule has 3 saturated heterocycles. The number of esters is 1. The predicted molar refractivity (Wildman–Crippen MR) is 139 cm³/mol. The van der Waals surface area contributed by atoms with Crippen LogP contribution in [0.4, 0.5) is 0 Å². The number of aliphatic hydroxyl groups excluding tert-OH is 1. The number of carbonyl (C=O) groups excluding carboxylic acids is 3. The lowest BCUT2D eigenvalue weighted by Crippen LogP contribution is -2.57. The summed E-state index contributed by atoms with van der Waals surface area (Å²) in [5, 5.41) is 9.31. The van der Waals surface area contributed by atoms with Crippen LogP contribution in [-0.4, -0.2) is 81.6 Å². The number of allylic oxidation sites excluding steroid dienone is 1. The van der Waals surface area contributed by atoms with Gasteiger partial charge in [0.2, 0.25) is 11.8 Å². The highest BCUT2D eigenvalue weighted by molar-refractivity contribution is 8.02. The quantitative estimate of drug-likeness (QED) is 0.208. The van der Waals surface area contributed by atoms with Crippen molar-refractivity contribution >= 4 is 29.5 Å². The minimum Gasteiger partial charge on any atom is -0.465 e. The molecule has 3 aliphatic heterocycles. The van der Waals surface area contributed by atoms with E-state index in [2.05, 4.69) is 27.0 Å². The minimum atomic E-state index is -0.630. The van der Waals surface area contributed by atoms with E-state index in [4.69, 9.17) is 4.74 Å². The number of aliphatic hydroxyl groups is 1. The minimum absolute atomic E-state index is 0.00996. The molecule has 2 amide bonds. The van der Waals surface area contributed by atoms with Gasteiger partial charge < -0.3 is 19.6 Å². The molecule has 1 N–H and O–H groups in total. The van der Waals surface area contributed by atoms with Crippen molar-refractivity contribution in [3.8, 4) is 0 Å². The molecule has 6 atom stereocenters. The van der Waals surface area contributed by atoms with Crippen molar-refractivity contribution in [1.82, 2.24) is 9.80 Å². The molecule has 0 radical (unpaired) electrons. The first kappa shape index (κ1) is 27.8. The normalized spacial score (nSPS) is 30.9. The summed E-state index contributed by atoms with van der Waals surface area (Å²) in [5.74, 6) is -1.40. The summed E-state index contributed by atoms with van der Waals surface area (Å²) in [4.78, 5) is 44.9. The van der Waals surface area contributed by atoms with E-state index in [1.165, 1.54) is 0 Å². The van der Waals surface area contributed by atoms with E-state index >= 15 is 0 Å². The first-order chi connectivity index (χ1) is 16.9. The molecule has 8 heteroatoms. The van der Waals surface area contributed by atoms with Crippen LogP contribution in [-0.2, 0) is 19.1 Å².